The fourth-order valence-electron chi connectivity index (χ4n) is 3.44. The van der Waals surface area contributed by atoms with Gasteiger partial charge >= 0.3 is 6.03 Å². The molecule has 0 N–H and O–H groups in total. The molecule has 0 aromatic carbocycles. The van der Waals surface area contributed by atoms with Crippen LogP contribution < -0.4 is 4.90 Å². The van der Waals surface area contributed by atoms with Gasteiger partial charge in [0.05, 0.1) is 19.3 Å². The summed E-state index contributed by atoms with van der Waals surface area (Å²) in [5.41, 5.74) is 0. The monoisotopic (exact) mass is 351 g/mol. The predicted octanol–water partition coefficient (Wildman–Crippen LogP) is 1.77. The quantitative estimate of drug-likeness (QED) is 0.830. The molecule has 2 aliphatic heterocycles. The fraction of sp³-hybridized carbons (Fsp3) is 0.812. The minimum atomic E-state index is 0.126. The van der Waals surface area contributed by atoms with E-state index in [4.69, 9.17) is 9.72 Å². The summed E-state index contributed by atoms with van der Waals surface area (Å²) in [6.45, 7) is 4.54. The molecule has 2 amide bonds. The zero-order valence-corrected chi connectivity index (χ0v) is 15.0. The van der Waals surface area contributed by atoms with E-state index in [1.165, 1.54) is 24.4 Å². The molecule has 1 unspecified atom stereocenters. The maximum absolute atomic E-state index is 12.7. The minimum Gasteiger partial charge on any atom is -0.378 e. The van der Waals surface area contributed by atoms with Crippen molar-refractivity contribution in [3.05, 3.63) is 5.82 Å². The van der Waals surface area contributed by atoms with Crippen LogP contribution in [0.5, 0.6) is 0 Å². The van der Waals surface area contributed by atoms with E-state index in [-0.39, 0.29) is 12.1 Å². The first kappa shape index (κ1) is 16.1. The molecule has 3 fully saturated rings. The Morgan fingerprint density at radius 3 is 2.79 bits per heavy atom. The molecule has 0 spiro atoms. The van der Waals surface area contributed by atoms with E-state index in [1.54, 1.807) is 0 Å². The average molecular weight is 351 g/mol. The number of urea groups is 1. The van der Waals surface area contributed by atoms with E-state index in [1.807, 2.05) is 16.8 Å². The zero-order valence-electron chi connectivity index (χ0n) is 14.2. The highest BCUT2D eigenvalue weighted by molar-refractivity contribution is 7.09. The van der Waals surface area contributed by atoms with Gasteiger partial charge in [-0.3, -0.25) is 0 Å². The molecule has 1 aliphatic carbocycles. The van der Waals surface area contributed by atoms with Crippen molar-refractivity contribution in [2.75, 3.05) is 51.3 Å². The number of morpholine rings is 1. The molecular weight excluding hydrogens is 326 g/mol. The third-order valence-electron chi connectivity index (χ3n) is 5.17. The van der Waals surface area contributed by atoms with Gasteiger partial charge in [-0.05, 0) is 25.7 Å². The number of likely N-dealkylation sites (N-methyl/N-ethyl adjacent to an activating group) is 1. The molecule has 4 rings (SSSR count). The number of piperidine rings is 1. The van der Waals surface area contributed by atoms with Gasteiger partial charge in [-0.2, -0.15) is 4.37 Å². The summed E-state index contributed by atoms with van der Waals surface area (Å²) >= 11 is 1.51. The lowest BCUT2D eigenvalue weighted by Crippen LogP contribution is -2.54. The van der Waals surface area contributed by atoms with Crippen molar-refractivity contribution in [1.82, 2.24) is 19.2 Å². The molecule has 7 nitrogen and oxygen atoms in total. The number of anilines is 1. The lowest BCUT2D eigenvalue weighted by Gasteiger charge is -2.40. The van der Waals surface area contributed by atoms with E-state index in [0.29, 0.717) is 32.2 Å². The van der Waals surface area contributed by atoms with E-state index < -0.39 is 0 Å². The van der Waals surface area contributed by atoms with Gasteiger partial charge in [-0.15, -0.1) is 0 Å². The van der Waals surface area contributed by atoms with Crippen LogP contribution in [0.1, 0.15) is 37.4 Å². The molecule has 1 saturated carbocycles. The van der Waals surface area contributed by atoms with E-state index in [2.05, 4.69) is 9.27 Å². The number of carbonyl (C=O) groups excluding carboxylic acids is 1. The zero-order chi connectivity index (χ0) is 16.5. The molecule has 3 aliphatic rings. The normalized spacial score (nSPS) is 25.0. The Kier molecular flexibility index (Phi) is 4.58. The van der Waals surface area contributed by atoms with Crippen molar-refractivity contribution in [2.24, 2.45) is 0 Å². The summed E-state index contributed by atoms with van der Waals surface area (Å²) < 4.78 is 9.86. The van der Waals surface area contributed by atoms with Crippen molar-refractivity contribution in [3.8, 4) is 0 Å². The molecule has 1 aromatic heterocycles. The van der Waals surface area contributed by atoms with Gasteiger partial charge in [0.25, 0.3) is 0 Å². The average Bonchev–Trinajstić information content (AvgIpc) is 3.38. The Morgan fingerprint density at radius 2 is 2.04 bits per heavy atom. The van der Waals surface area contributed by atoms with E-state index >= 15 is 0 Å². The largest absolute Gasteiger partial charge is 0.378 e. The summed E-state index contributed by atoms with van der Waals surface area (Å²) in [4.78, 5) is 23.5. The van der Waals surface area contributed by atoms with Crippen molar-refractivity contribution >= 4 is 22.7 Å². The van der Waals surface area contributed by atoms with Crippen molar-refractivity contribution in [1.29, 1.82) is 0 Å². The van der Waals surface area contributed by atoms with Crippen molar-refractivity contribution in [3.63, 3.8) is 0 Å². The summed E-state index contributed by atoms with van der Waals surface area (Å²) in [6.07, 6.45) is 4.60. The number of hydrogen-bond acceptors (Lipinski definition) is 6. The molecule has 132 valence electrons. The Labute approximate surface area is 146 Å². The predicted molar refractivity (Wildman–Crippen MR) is 92.7 cm³/mol. The number of carbonyl (C=O) groups is 1. The lowest BCUT2D eigenvalue weighted by atomic mass is 10.1. The molecule has 8 heteroatoms. The standard InChI is InChI=1S/C16H25N5O2S/c1-19(16(22)20-7-9-23-10-8-20)13-3-2-6-21(11-13)15-17-14(18-24-15)12-4-5-12/h12-13H,2-11H2,1H3. The van der Waals surface area contributed by atoms with Crippen LogP contribution in [0.3, 0.4) is 0 Å². The van der Waals surface area contributed by atoms with Crippen LogP contribution in [0.15, 0.2) is 0 Å². The van der Waals surface area contributed by atoms with Gasteiger partial charge in [0.2, 0.25) is 5.13 Å². The van der Waals surface area contributed by atoms with Crippen LogP contribution >= 0.6 is 11.5 Å². The number of rotatable bonds is 3. The topological polar surface area (TPSA) is 61.8 Å². The summed E-state index contributed by atoms with van der Waals surface area (Å²) in [7, 11) is 1.93. The van der Waals surface area contributed by atoms with Gasteiger partial charge in [-0.25, -0.2) is 9.78 Å². The van der Waals surface area contributed by atoms with Gasteiger partial charge < -0.3 is 19.4 Å². The van der Waals surface area contributed by atoms with Gasteiger partial charge in [0.1, 0.15) is 5.82 Å². The lowest BCUT2D eigenvalue weighted by molar-refractivity contribution is 0.0414. The number of aromatic nitrogens is 2. The van der Waals surface area contributed by atoms with Crippen LogP contribution in [0.25, 0.3) is 0 Å². The first-order chi connectivity index (χ1) is 11.7. The third kappa shape index (κ3) is 3.35. The van der Waals surface area contributed by atoms with Crippen molar-refractivity contribution in [2.45, 2.75) is 37.6 Å². The SMILES string of the molecule is CN(C(=O)N1CCOCC1)C1CCCN(c2nc(C3CC3)ns2)C1. The third-order valence-corrected chi connectivity index (χ3v) is 5.96. The second kappa shape index (κ2) is 6.84. The maximum Gasteiger partial charge on any atom is 0.320 e. The maximum atomic E-state index is 12.7. The first-order valence-electron chi connectivity index (χ1n) is 8.90. The van der Waals surface area contributed by atoms with Crippen LogP contribution in [-0.2, 0) is 4.74 Å². The summed E-state index contributed by atoms with van der Waals surface area (Å²) in [5, 5.41) is 1.02. The van der Waals surface area contributed by atoms with Gasteiger partial charge in [0.15, 0.2) is 0 Å². The smallest absolute Gasteiger partial charge is 0.320 e. The highest BCUT2D eigenvalue weighted by Crippen LogP contribution is 2.40. The molecule has 0 radical (unpaired) electrons. The second-order valence-corrected chi connectivity index (χ2v) is 7.67. The van der Waals surface area contributed by atoms with E-state index in [0.717, 1.165) is 36.9 Å². The number of ether oxygens (including phenoxy) is 1. The van der Waals surface area contributed by atoms with Gasteiger partial charge in [-0.1, -0.05) is 0 Å². The first-order valence-corrected chi connectivity index (χ1v) is 9.68. The highest BCUT2D eigenvalue weighted by atomic mass is 32.1. The van der Waals surface area contributed by atoms with Gasteiger partial charge in [0, 0.05) is 50.7 Å². The summed E-state index contributed by atoms with van der Waals surface area (Å²) in [5.74, 6) is 1.62. The van der Waals surface area contributed by atoms with Crippen LogP contribution in [-0.4, -0.2) is 77.7 Å². The highest BCUT2D eigenvalue weighted by Gasteiger charge is 2.32. The Bertz CT molecular complexity index is 585. The fourth-order valence-corrected chi connectivity index (χ4v) is 4.22. The molecule has 1 aromatic rings. The second-order valence-electron chi connectivity index (χ2n) is 6.94. The van der Waals surface area contributed by atoms with Crippen LogP contribution in [0.4, 0.5) is 9.93 Å². The van der Waals surface area contributed by atoms with Crippen LogP contribution in [0.2, 0.25) is 0 Å². The number of amides is 2. The summed E-state index contributed by atoms with van der Waals surface area (Å²) in [6, 6.07) is 0.364. The molecule has 24 heavy (non-hydrogen) atoms. The molecular formula is C16H25N5O2S. The van der Waals surface area contributed by atoms with Crippen LogP contribution in [0, 0.1) is 0 Å². The Morgan fingerprint density at radius 1 is 1.25 bits per heavy atom. The number of nitrogens with zero attached hydrogens (tertiary/aromatic N) is 5. The molecule has 2 saturated heterocycles. The Hall–Kier alpha value is -1.41. The number of hydrogen-bond donors (Lipinski definition) is 0. The molecule has 3 heterocycles. The minimum absolute atomic E-state index is 0.126. The Balaban J connectivity index is 1.38. The van der Waals surface area contributed by atoms with Crippen molar-refractivity contribution < 1.29 is 9.53 Å². The molecule has 1 atom stereocenters. The van der Waals surface area contributed by atoms with E-state index in [9.17, 15) is 4.79 Å². The molecule has 0 bridgehead atoms.